The highest BCUT2D eigenvalue weighted by Gasteiger charge is 2.11. The summed E-state index contributed by atoms with van der Waals surface area (Å²) in [4.78, 5) is 14.1. The van der Waals surface area contributed by atoms with Crippen molar-refractivity contribution < 1.29 is 19.0 Å². The molecule has 146 valence electrons. The molecule has 4 aromatic rings. The first kappa shape index (κ1) is 18.4. The fourth-order valence-corrected chi connectivity index (χ4v) is 2.84. The number of fused-ring (bicyclic) bond motifs is 1. The number of aromatic hydroxyl groups is 1. The zero-order chi connectivity index (χ0) is 20.4. The Morgan fingerprint density at radius 3 is 2.52 bits per heavy atom. The van der Waals surface area contributed by atoms with Crippen LogP contribution in [-0.2, 0) is 0 Å². The number of rotatable bonds is 5. The van der Waals surface area contributed by atoms with Crippen LogP contribution in [0.25, 0.3) is 10.9 Å². The van der Waals surface area contributed by atoms with Gasteiger partial charge >= 0.3 is 6.01 Å². The van der Waals surface area contributed by atoms with Crippen LogP contribution in [0, 0.1) is 5.82 Å². The Morgan fingerprint density at radius 1 is 1.00 bits per heavy atom. The number of hydrogen-bond donors (Lipinski definition) is 1. The smallest absolute Gasteiger partial charge is 0.325 e. The quantitative estimate of drug-likeness (QED) is 0.538. The zero-order valence-electron chi connectivity index (χ0n) is 15.7. The molecule has 4 rings (SSSR count). The van der Waals surface area contributed by atoms with E-state index >= 15 is 0 Å². The van der Waals surface area contributed by atoms with Crippen molar-refractivity contribution in [1.29, 1.82) is 0 Å². The lowest BCUT2D eigenvalue weighted by Crippen LogP contribution is -2.09. The predicted molar refractivity (Wildman–Crippen MR) is 107 cm³/mol. The van der Waals surface area contributed by atoms with Crippen molar-refractivity contribution in [3.05, 3.63) is 66.7 Å². The second kappa shape index (κ2) is 7.59. The second-order valence-electron chi connectivity index (χ2n) is 6.20. The van der Waals surface area contributed by atoms with Gasteiger partial charge in [-0.3, -0.25) is 4.98 Å². The summed E-state index contributed by atoms with van der Waals surface area (Å²) < 4.78 is 24.3. The Balaban J connectivity index is 1.55. The molecular weight excluding hydrogens is 375 g/mol. The number of methoxy groups -OCH3 is 1. The molecule has 0 aliphatic carbocycles. The van der Waals surface area contributed by atoms with Gasteiger partial charge in [-0.1, -0.05) is 0 Å². The van der Waals surface area contributed by atoms with Gasteiger partial charge in [-0.25, -0.2) is 4.39 Å². The molecule has 2 aromatic heterocycles. The molecule has 0 bridgehead atoms. The van der Waals surface area contributed by atoms with E-state index in [4.69, 9.17) is 9.47 Å². The molecule has 0 unspecified atom stereocenters. The van der Waals surface area contributed by atoms with Gasteiger partial charge in [-0.15, -0.1) is 0 Å². The average Bonchev–Trinajstić information content (AvgIpc) is 2.74. The Hall–Kier alpha value is -3.94. The molecule has 0 aliphatic heterocycles. The number of anilines is 2. The van der Waals surface area contributed by atoms with Gasteiger partial charge in [-0.2, -0.15) is 9.97 Å². The first-order valence-electron chi connectivity index (χ1n) is 8.71. The SMILES string of the molecule is COc1cc(N(C)c2ccc(Oc3nc(O)c4ccncc4n3)cc2)ccc1F. The number of benzene rings is 2. The molecule has 0 saturated heterocycles. The van der Waals surface area contributed by atoms with E-state index in [1.807, 2.05) is 24.1 Å². The predicted octanol–water partition coefficient (Wildman–Crippen LogP) is 4.44. The molecular formula is C21H17FN4O3. The minimum Gasteiger partial charge on any atom is -0.494 e. The van der Waals surface area contributed by atoms with Crippen LogP contribution in [0.5, 0.6) is 23.4 Å². The Bertz CT molecular complexity index is 1170. The van der Waals surface area contributed by atoms with Crippen molar-refractivity contribution in [2.45, 2.75) is 0 Å². The third-order valence-electron chi connectivity index (χ3n) is 4.41. The summed E-state index contributed by atoms with van der Waals surface area (Å²) in [6.45, 7) is 0. The molecule has 0 aliphatic rings. The molecule has 0 radical (unpaired) electrons. The monoisotopic (exact) mass is 392 g/mol. The Kier molecular flexibility index (Phi) is 4.82. The minimum atomic E-state index is -0.415. The van der Waals surface area contributed by atoms with E-state index < -0.39 is 5.82 Å². The van der Waals surface area contributed by atoms with Gasteiger partial charge in [0.1, 0.15) is 5.75 Å². The summed E-state index contributed by atoms with van der Waals surface area (Å²) in [7, 11) is 3.29. The van der Waals surface area contributed by atoms with E-state index in [1.165, 1.54) is 19.4 Å². The van der Waals surface area contributed by atoms with Crippen LogP contribution in [-0.4, -0.2) is 34.2 Å². The van der Waals surface area contributed by atoms with Crippen molar-refractivity contribution in [3.63, 3.8) is 0 Å². The number of halogens is 1. The van der Waals surface area contributed by atoms with Gasteiger partial charge in [0.05, 0.1) is 24.2 Å². The molecule has 0 fully saturated rings. The Labute approximate surface area is 166 Å². The van der Waals surface area contributed by atoms with Crippen LogP contribution in [0.15, 0.2) is 60.9 Å². The largest absolute Gasteiger partial charge is 0.494 e. The number of nitrogens with zero attached hydrogens (tertiary/aromatic N) is 4. The lowest BCUT2D eigenvalue weighted by Gasteiger charge is -2.20. The van der Waals surface area contributed by atoms with E-state index in [1.54, 1.807) is 36.5 Å². The van der Waals surface area contributed by atoms with Gasteiger partial charge in [0.15, 0.2) is 11.6 Å². The maximum atomic E-state index is 13.6. The van der Waals surface area contributed by atoms with Crippen molar-refractivity contribution in [2.75, 3.05) is 19.1 Å². The summed E-state index contributed by atoms with van der Waals surface area (Å²) >= 11 is 0. The first-order valence-corrected chi connectivity index (χ1v) is 8.71. The number of ether oxygens (including phenoxy) is 2. The summed E-state index contributed by atoms with van der Waals surface area (Å²) in [5, 5.41) is 10.5. The topological polar surface area (TPSA) is 80.6 Å². The van der Waals surface area contributed by atoms with E-state index in [2.05, 4.69) is 15.0 Å². The van der Waals surface area contributed by atoms with E-state index in [9.17, 15) is 9.50 Å². The first-order chi connectivity index (χ1) is 14.0. The molecule has 0 atom stereocenters. The molecule has 2 heterocycles. The van der Waals surface area contributed by atoms with Crippen molar-refractivity contribution in [3.8, 4) is 23.4 Å². The highest BCUT2D eigenvalue weighted by atomic mass is 19.1. The molecule has 7 nitrogen and oxygen atoms in total. The second-order valence-corrected chi connectivity index (χ2v) is 6.20. The van der Waals surface area contributed by atoms with Crippen molar-refractivity contribution >= 4 is 22.3 Å². The summed E-state index contributed by atoms with van der Waals surface area (Å²) in [6, 6.07) is 13.5. The van der Waals surface area contributed by atoms with Crippen LogP contribution in [0.2, 0.25) is 0 Å². The van der Waals surface area contributed by atoms with E-state index in [-0.39, 0.29) is 17.6 Å². The van der Waals surface area contributed by atoms with E-state index in [0.29, 0.717) is 16.7 Å². The van der Waals surface area contributed by atoms with Crippen LogP contribution in [0.1, 0.15) is 0 Å². The lowest BCUT2D eigenvalue weighted by atomic mass is 10.2. The maximum absolute atomic E-state index is 13.6. The number of aromatic nitrogens is 3. The molecule has 0 amide bonds. The third kappa shape index (κ3) is 3.73. The van der Waals surface area contributed by atoms with Crippen molar-refractivity contribution in [1.82, 2.24) is 15.0 Å². The number of hydrogen-bond acceptors (Lipinski definition) is 7. The standard InChI is InChI=1S/C21H17FN4O3/c1-26(14-5-8-17(22)19(11-14)28-2)13-3-6-15(7-4-13)29-21-24-18-12-23-10-9-16(18)20(27)25-21/h3-12H,1-2H3,(H,24,25,27). The third-order valence-corrected chi connectivity index (χ3v) is 4.41. The zero-order valence-corrected chi connectivity index (χ0v) is 15.7. The highest BCUT2D eigenvalue weighted by Crippen LogP contribution is 2.31. The molecule has 0 saturated carbocycles. The van der Waals surface area contributed by atoms with Gasteiger partial charge < -0.3 is 19.5 Å². The highest BCUT2D eigenvalue weighted by molar-refractivity contribution is 5.82. The van der Waals surface area contributed by atoms with Gasteiger partial charge in [0.2, 0.25) is 5.88 Å². The minimum absolute atomic E-state index is 0.0207. The maximum Gasteiger partial charge on any atom is 0.325 e. The van der Waals surface area contributed by atoms with Crippen LogP contribution >= 0.6 is 0 Å². The van der Waals surface area contributed by atoms with Crippen molar-refractivity contribution in [2.24, 2.45) is 0 Å². The molecule has 29 heavy (non-hydrogen) atoms. The molecule has 1 N–H and O–H groups in total. The average molecular weight is 392 g/mol. The fraction of sp³-hybridized carbons (Fsp3) is 0.0952. The fourth-order valence-electron chi connectivity index (χ4n) is 2.84. The van der Waals surface area contributed by atoms with Crippen LogP contribution in [0.3, 0.4) is 0 Å². The summed E-state index contributed by atoms with van der Waals surface area (Å²) in [6.07, 6.45) is 3.08. The number of pyridine rings is 1. The van der Waals surface area contributed by atoms with E-state index in [0.717, 1.165) is 11.4 Å². The molecule has 2 aromatic carbocycles. The summed E-state index contributed by atoms with van der Waals surface area (Å²) in [5.74, 6) is 0.0924. The molecule has 0 spiro atoms. The van der Waals surface area contributed by atoms with Gasteiger partial charge in [0, 0.05) is 30.7 Å². The lowest BCUT2D eigenvalue weighted by molar-refractivity contribution is 0.386. The van der Waals surface area contributed by atoms with Crippen LogP contribution < -0.4 is 14.4 Å². The summed E-state index contributed by atoms with van der Waals surface area (Å²) in [5.41, 5.74) is 2.11. The Morgan fingerprint density at radius 2 is 1.76 bits per heavy atom. The molecule has 8 heteroatoms. The van der Waals surface area contributed by atoms with Gasteiger partial charge in [-0.05, 0) is 42.5 Å². The van der Waals surface area contributed by atoms with Crippen LogP contribution in [0.4, 0.5) is 15.8 Å². The van der Waals surface area contributed by atoms with Gasteiger partial charge in [0.25, 0.3) is 0 Å². The normalized spacial score (nSPS) is 10.7.